The van der Waals surface area contributed by atoms with E-state index in [-0.39, 0.29) is 12.1 Å². The molecule has 0 radical (unpaired) electrons. The molecule has 2 nitrogen and oxygen atoms in total. The largest absolute Gasteiger partial charge is 0.454 e. The number of rotatable bonds is 1. The third-order valence-electron chi connectivity index (χ3n) is 2.31. The molecule has 1 aliphatic heterocycles. The van der Waals surface area contributed by atoms with Crippen LogP contribution >= 0.6 is 0 Å². The summed E-state index contributed by atoms with van der Waals surface area (Å²) in [4.78, 5) is 11.0. The van der Waals surface area contributed by atoms with E-state index in [1.807, 2.05) is 37.3 Å². The average molecular weight is 188 g/mol. The van der Waals surface area contributed by atoms with Crippen molar-refractivity contribution in [3.05, 3.63) is 47.5 Å². The maximum atomic E-state index is 11.0. The van der Waals surface area contributed by atoms with E-state index in [4.69, 9.17) is 4.74 Å². The van der Waals surface area contributed by atoms with Crippen molar-refractivity contribution in [3.8, 4) is 0 Å². The van der Waals surface area contributed by atoms with Crippen molar-refractivity contribution in [3.63, 3.8) is 0 Å². The SMILES string of the molecule is Cc1ccc(C2CC=CC(=O)O2)cc1. The molecule has 0 saturated heterocycles. The number of carbonyl (C=O) groups excluding carboxylic acids is 1. The lowest BCUT2D eigenvalue weighted by molar-refractivity contribution is -0.144. The highest BCUT2D eigenvalue weighted by atomic mass is 16.5. The quantitative estimate of drug-likeness (QED) is 0.633. The van der Waals surface area contributed by atoms with Gasteiger partial charge in [0.2, 0.25) is 0 Å². The Morgan fingerprint density at radius 1 is 1.29 bits per heavy atom. The molecular formula is C12H12O2. The summed E-state index contributed by atoms with van der Waals surface area (Å²) in [6, 6.07) is 8.07. The second-order valence-corrected chi connectivity index (χ2v) is 3.47. The molecule has 1 heterocycles. The molecule has 0 saturated carbocycles. The van der Waals surface area contributed by atoms with Crippen LogP contribution in [-0.4, -0.2) is 5.97 Å². The summed E-state index contributed by atoms with van der Waals surface area (Å²) in [5.74, 6) is -0.248. The predicted molar refractivity (Wildman–Crippen MR) is 53.8 cm³/mol. The molecule has 0 bridgehead atoms. The molecule has 0 aliphatic carbocycles. The van der Waals surface area contributed by atoms with Crippen LogP contribution in [0.2, 0.25) is 0 Å². The Morgan fingerprint density at radius 2 is 2.00 bits per heavy atom. The molecule has 0 fully saturated rings. The summed E-state index contributed by atoms with van der Waals surface area (Å²) in [6.45, 7) is 2.04. The van der Waals surface area contributed by atoms with Gasteiger partial charge in [-0.25, -0.2) is 4.79 Å². The highest BCUT2D eigenvalue weighted by Crippen LogP contribution is 2.24. The third-order valence-corrected chi connectivity index (χ3v) is 2.31. The Morgan fingerprint density at radius 3 is 2.64 bits per heavy atom. The van der Waals surface area contributed by atoms with E-state index in [1.165, 1.54) is 11.6 Å². The first kappa shape index (κ1) is 9.00. The second-order valence-electron chi connectivity index (χ2n) is 3.47. The van der Waals surface area contributed by atoms with Crippen LogP contribution in [0.3, 0.4) is 0 Å². The predicted octanol–water partition coefficient (Wildman–Crippen LogP) is 2.54. The Bertz CT molecular complexity index is 362. The number of hydrogen-bond donors (Lipinski definition) is 0. The molecule has 0 N–H and O–H groups in total. The van der Waals surface area contributed by atoms with Crippen molar-refractivity contribution < 1.29 is 9.53 Å². The molecule has 1 unspecified atom stereocenters. The normalized spacial score (nSPS) is 20.6. The molecule has 2 rings (SSSR count). The van der Waals surface area contributed by atoms with Gasteiger partial charge in [0.05, 0.1) is 0 Å². The zero-order valence-corrected chi connectivity index (χ0v) is 8.07. The Labute approximate surface area is 83.2 Å². The van der Waals surface area contributed by atoms with Crippen LogP contribution in [0.25, 0.3) is 0 Å². The minimum absolute atomic E-state index is 0.104. The van der Waals surface area contributed by atoms with E-state index in [1.54, 1.807) is 0 Å². The van der Waals surface area contributed by atoms with Gasteiger partial charge in [-0.15, -0.1) is 0 Å². The van der Waals surface area contributed by atoms with Crippen LogP contribution in [0.15, 0.2) is 36.4 Å². The first-order valence-electron chi connectivity index (χ1n) is 4.69. The van der Waals surface area contributed by atoms with Crippen LogP contribution in [0.1, 0.15) is 23.7 Å². The Hall–Kier alpha value is -1.57. The van der Waals surface area contributed by atoms with Gasteiger partial charge >= 0.3 is 5.97 Å². The topological polar surface area (TPSA) is 26.3 Å². The zero-order valence-electron chi connectivity index (χ0n) is 8.07. The number of hydrogen-bond acceptors (Lipinski definition) is 2. The molecule has 0 amide bonds. The van der Waals surface area contributed by atoms with Crippen LogP contribution in [-0.2, 0) is 9.53 Å². The van der Waals surface area contributed by atoms with Crippen molar-refractivity contribution in [1.82, 2.24) is 0 Å². The van der Waals surface area contributed by atoms with Crippen LogP contribution in [0.4, 0.5) is 0 Å². The fourth-order valence-corrected chi connectivity index (χ4v) is 1.50. The summed E-state index contributed by atoms with van der Waals surface area (Å²) in [5, 5.41) is 0. The Balaban J connectivity index is 2.19. The Kier molecular flexibility index (Phi) is 2.35. The van der Waals surface area contributed by atoms with Gasteiger partial charge in [-0.3, -0.25) is 0 Å². The van der Waals surface area contributed by atoms with Gasteiger partial charge in [-0.1, -0.05) is 35.9 Å². The van der Waals surface area contributed by atoms with E-state index < -0.39 is 0 Å². The fraction of sp³-hybridized carbons (Fsp3) is 0.250. The summed E-state index contributed by atoms with van der Waals surface area (Å²) in [7, 11) is 0. The number of esters is 1. The van der Waals surface area contributed by atoms with Crippen molar-refractivity contribution in [1.29, 1.82) is 0 Å². The van der Waals surface area contributed by atoms with E-state index in [0.717, 1.165) is 12.0 Å². The molecule has 1 aromatic carbocycles. The summed E-state index contributed by atoms with van der Waals surface area (Å²) in [6.07, 6.45) is 4.00. The number of carbonyl (C=O) groups is 1. The lowest BCUT2D eigenvalue weighted by Crippen LogP contribution is -2.12. The second kappa shape index (κ2) is 3.66. The average Bonchev–Trinajstić information content (AvgIpc) is 2.19. The van der Waals surface area contributed by atoms with Crippen molar-refractivity contribution >= 4 is 5.97 Å². The summed E-state index contributed by atoms with van der Waals surface area (Å²) in [5.41, 5.74) is 2.28. The highest BCUT2D eigenvalue weighted by Gasteiger charge is 2.17. The van der Waals surface area contributed by atoms with Gasteiger partial charge in [-0.2, -0.15) is 0 Å². The van der Waals surface area contributed by atoms with Crippen LogP contribution in [0.5, 0.6) is 0 Å². The number of ether oxygens (including phenoxy) is 1. The number of aryl methyl sites for hydroxylation is 1. The molecule has 2 heteroatoms. The lowest BCUT2D eigenvalue weighted by Gasteiger charge is -2.18. The number of cyclic esters (lactones) is 1. The van der Waals surface area contributed by atoms with Gasteiger partial charge in [0.1, 0.15) is 6.10 Å². The first-order chi connectivity index (χ1) is 6.75. The molecule has 1 aliphatic rings. The standard InChI is InChI=1S/C12H12O2/c1-9-5-7-10(8-6-9)11-3-2-4-12(13)14-11/h2,4-8,11H,3H2,1H3. The maximum Gasteiger partial charge on any atom is 0.331 e. The van der Waals surface area contributed by atoms with Gasteiger partial charge in [0.15, 0.2) is 0 Å². The zero-order chi connectivity index (χ0) is 9.97. The summed E-state index contributed by atoms with van der Waals surface area (Å²) >= 11 is 0. The van der Waals surface area contributed by atoms with Gasteiger partial charge in [-0.05, 0) is 12.5 Å². The molecular weight excluding hydrogens is 176 g/mol. The molecule has 14 heavy (non-hydrogen) atoms. The van der Waals surface area contributed by atoms with E-state index in [2.05, 4.69) is 0 Å². The van der Waals surface area contributed by atoms with Crippen molar-refractivity contribution in [2.75, 3.05) is 0 Å². The molecule has 0 spiro atoms. The van der Waals surface area contributed by atoms with Crippen molar-refractivity contribution in [2.45, 2.75) is 19.4 Å². The smallest absolute Gasteiger partial charge is 0.331 e. The minimum Gasteiger partial charge on any atom is -0.454 e. The molecule has 72 valence electrons. The maximum absolute atomic E-state index is 11.0. The van der Waals surface area contributed by atoms with Crippen LogP contribution in [0, 0.1) is 6.92 Å². The minimum atomic E-state index is -0.248. The van der Waals surface area contributed by atoms with Gasteiger partial charge in [0, 0.05) is 12.5 Å². The molecule has 1 atom stereocenters. The number of benzene rings is 1. The molecule has 0 aromatic heterocycles. The van der Waals surface area contributed by atoms with Crippen LogP contribution < -0.4 is 0 Å². The monoisotopic (exact) mass is 188 g/mol. The van der Waals surface area contributed by atoms with Gasteiger partial charge < -0.3 is 4.74 Å². The van der Waals surface area contributed by atoms with E-state index in [0.29, 0.717) is 0 Å². The lowest BCUT2D eigenvalue weighted by atomic mass is 10.0. The first-order valence-corrected chi connectivity index (χ1v) is 4.69. The molecule has 1 aromatic rings. The van der Waals surface area contributed by atoms with E-state index in [9.17, 15) is 4.79 Å². The van der Waals surface area contributed by atoms with E-state index >= 15 is 0 Å². The third kappa shape index (κ3) is 1.84. The van der Waals surface area contributed by atoms with Gasteiger partial charge in [0.25, 0.3) is 0 Å². The van der Waals surface area contributed by atoms with Crippen molar-refractivity contribution in [2.24, 2.45) is 0 Å². The fourth-order valence-electron chi connectivity index (χ4n) is 1.50. The summed E-state index contributed by atoms with van der Waals surface area (Å²) < 4.78 is 5.19. The highest BCUT2D eigenvalue weighted by molar-refractivity contribution is 5.82.